The van der Waals surface area contributed by atoms with Gasteiger partial charge < -0.3 is 10.6 Å². The fourth-order valence-corrected chi connectivity index (χ4v) is 4.54. The predicted molar refractivity (Wildman–Crippen MR) is 102 cm³/mol. The molecule has 29 heavy (non-hydrogen) atoms. The van der Waals surface area contributed by atoms with E-state index in [0.29, 0.717) is 19.5 Å². The van der Waals surface area contributed by atoms with Crippen molar-refractivity contribution in [2.45, 2.75) is 23.5 Å². The number of nitrogens with one attached hydrogen (secondary N) is 2. The number of nitrogens with zero attached hydrogens (tertiary/aromatic N) is 1. The number of hydrogen-bond donors (Lipinski definition) is 2. The summed E-state index contributed by atoms with van der Waals surface area (Å²) in [4.78, 5) is 11.7. The lowest BCUT2D eigenvalue weighted by Crippen LogP contribution is -2.34. The Labute approximate surface area is 166 Å². The molecule has 2 aromatic carbocycles. The average molecular weight is 427 g/mol. The summed E-state index contributed by atoms with van der Waals surface area (Å²) < 4.78 is 63.6. The number of carbonyl (C=O) groups is 1. The summed E-state index contributed by atoms with van der Waals surface area (Å²) in [6.45, 7) is -0.804. The molecule has 6 nitrogen and oxygen atoms in total. The lowest BCUT2D eigenvalue weighted by Gasteiger charge is -2.18. The molecule has 1 fully saturated rings. The van der Waals surface area contributed by atoms with Crippen LogP contribution in [0.2, 0.25) is 0 Å². The van der Waals surface area contributed by atoms with Crippen molar-refractivity contribution in [2.24, 2.45) is 0 Å². The Kier molecular flexibility index (Phi) is 6.13. The minimum Gasteiger partial charge on any atom is -0.381 e. The zero-order chi connectivity index (χ0) is 21.1. The van der Waals surface area contributed by atoms with Crippen molar-refractivity contribution >= 4 is 21.6 Å². The topological polar surface area (TPSA) is 78.5 Å². The van der Waals surface area contributed by atoms with Gasteiger partial charge in [0.1, 0.15) is 6.54 Å². The van der Waals surface area contributed by atoms with E-state index in [9.17, 15) is 26.4 Å². The molecule has 156 valence electrons. The van der Waals surface area contributed by atoms with Gasteiger partial charge in [-0.3, -0.25) is 4.79 Å². The maximum Gasteiger partial charge on any atom is 0.405 e. The zero-order valence-corrected chi connectivity index (χ0v) is 16.1. The van der Waals surface area contributed by atoms with Crippen LogP contribution in [-0.2, 0) is 10.0 Å². The number of sulfonamides is 1. The number of para-hydroxylation sites is 1. The maximum absolute atomic E-state index is 12.8. The summed E-state index contributed by atoms with van der Waals surface area (Å²) in [6.07, 6.45) is -3.87. The zero-order valence-electron chi connectivity index (χ0n) is 15.3. The standard InChI is InChI=1S/C19H20F3N3O3S/c20-19(21,22)13-23-18(26)14-6-8-17(9-7-14)29(27,28)25-11-10-16(12-25)24-15-4-2-1-3-5-15/h1-9,16,24H,10-13H2,(H,23,26). The Hall–Kier alpha value is -2.59. The van der Waals surface area contributed by atoms with Crippen molar-refractivity contribution in [3.63, 3.8) is 0 Å². The molecule has 0 radical (unpaired) electrons. The van der Waals surface area contributed by atoms with Crippen molar-refractivity contribution in [1.29, 1.82) is 0 Å². The van der Waals surface area contributed by atoms with Crippen LogP contribution >= 0.6 is 0 Å². The first-order valence-corrected chi connectivity index (χ1v) is 10.4. The molecule has 0 aliphatic carbocycles. The van der Waals surface area contributed by atoms with E-state index in [2.05, 4.69) is 5.32 Å². The molecule has 1 aliphatic heterocycles. The monoisotopic (exact) mass is 427 g/mol. The third kappa shape index (κ3) is 5.48. The van der Waals surface area contributed by atoms with Gasteiger partial charge in [0.15, 0.2) is 0 Å². The van der Waals surface area contributed by atoms with Gasteiger partial charge in [0.05, 0.1) is 4.90 Å². The number of benzene rings is 2. The molecule has 2 aromatic rings. The molecule has 0 aromatic heterocycles. The van der Waals surface area contributed by atoms with E-state index in [1.807, 2.05) is 30.3 Å². The van der Waals surface area contributed by atoms with E-state index in [-0.39, 0.29) is 16.5 Å². The molecule has 1 amide bonds. The third-order valence-electron chi connectivity index (χ3n) is 4.50. The van der Waals surface area contributed by atoms with E-state index in [1.165, 1.54) is 28.6 Å². The molecule has 1 atom stereocenters. The van der Waals surface area contributed by atoms with Gasteiger partial charge in [0.25, 0.3) is 5.91 Å². The Morgan fingerprint density at radius 2 is 1.72 bits per heavy atom. The van der Waals surface area contributed by atoms with Gasteiger partial charge >= 0.3 is 6.18 Å². The highest BCUT2D eigenvalue weighted by atomic mass is 32.2. The first-order valence-electron chi connectivity index (χ1n) is 8.92. The minimum atomic E-state index is -4.51. The molecule has 2 N–H and O–H groups in total. The van der Waals surface area contributed by atoms with E-state index < -0.39 is 28.7 Å². The van der Waals surface area contributed by atoms with Crippen molar-refractivity contribution < 1.29 is 26.4 Å². The van der Waals surface area contributed by atoms with Crippen LogP contribution in [0.15, 0.2) is 59.5 Å². The largest absolute Gasteiger partial charge is 0.405 e. The fourth-order valence-electron chi connectivity index (χ4n) is 3.04. The smallest absolute Gasteiger partial charge is 0.381 e. The predicted octanol–water partition coefficient (Wildman–Crippen LogP) is 2.85. The van der Waals surface area contributed by atoms with Crippen LogP contribution in [0.1, 0.15) is 16.8 Å². The normalized spacial score (nSPS) is 17.8. The number of carbonyl (C=O) groups excluding carboxylic acids is 1. The second-order valence-corrected chi connectivity index (χ2v) is 8.62. The first kappa shape index (κ1) is 21.1. The van der Waals surface area contributed by atoms with Crippen LogP contribution in [0.25, 0.3) is 0 Å². The van der Waals surface area contributed by atoms with Crippen LogP contribution < -0.4 is 10.6 Å². The molecule has 1 saturated heterocycles. The number of halogens is 3. The van der Waals surface area contributed by atoms with E-state index >= 15 is 0 Å². The molecular formula is C19H20F3N3O3S. The molecule has 1 aliphatic rings. The number of hydrogen-bond acceptors (Lipinski definition) is 4. The van der Waals surface area contributed by atoms with Gasteiger partial charge in [-0.05, 0) is 42.8 Å². The molecule has 0 spiro atoms. The second-order valence-electron chi connectivity index (χ2n) is 6.68. The summed E-state index contributed by atoms with van der Waals surface area (Å²) in [5.41, 5.74) is 0.865. The highest BCUT2D eigenvalue weighted by Crippen LogP contribution is 2.23. The first-order chi connectivity index (χ1) is 13.6. The highest BCUT2D eigenvalue weighted by molar-refractivity contribution is 7.89. The SMILES string of the molecule is O=C(NCC(F)(F)F)c1ccc(S(=O)(=O)N2CCC(Nc3ccccc3)C2)cc1. The summed E-state index contributed by atoms with van der Waals surface area (Å²) in [6, 6.07) is 14.3. The van der Waals surface area contributed by atoms with Gasteiger partial charge in [-0.15, -0.1) is 0 Å². The maximum atomic E-state index is 12.8. The van der Waals surface area contributed by atoms with Gasteiger partial charge in [0.2, 0.25) is 10.0 Å². The van der Waals surface area contributed by atoms with Crippen molar-refractivity contribution in [2.75, 3.05) is 25.0 Å². The Morgan fingerprint density at radius 1 is 1.07 bits per heavy atom. The Morgan fingerprint density at radius 3 is 2.34 bits per heavy atom. The lowest BCUT2D eigenvalue weighted by atomic mass is 10.2. The fraction of sp³-hybridized carbons (Fsp3) is 0.316. The molecule has 0 bridgehead atoms. The van der Waals surface area contributed by atoms with E-state index in [1.54, 1.807) is 5.32 Å². The summed E-state index contributed by atoms with van der Waals surface area (Å²) in [5.74, 6) is -0.917. The third-order valence-corrected chi connectivity index (χ3v) is 6.38. The van der Waals surface area contributed by atoms with Crippen molar-refractivity contribution in [3.8, 4) is 0 Å². The van der Waals surface area contributed by atoms with Crippen LogP contribution in [-0.4, -0.2) is 50.5 Å². The second kappa shape index (κ2) is 8.42. The van der Waals surface area contributed by atoms with Gasteiger partial charge in [0, 0.05) is 30.4 Å². The van der Waals surface area contributed by atoms with Crippen LogP contribution in [0.5, 0.6) is 0 Å². The minimum absolute atomic E-state index is 0.00904. The summed E-state index contributed by atoms with van der Waals surface area (Å²) in [7, 11) is -3.76. The van der Waals surface area contributed by atoms with E-state index in [0.717, 1.165) is 5.69 Å². The summed E-state index contributed by atoms with van der Waals surface area (Å²) in [5, 5.41) is 5.04. The van der Waals surface area contributed by atoms with Gasteiger partial charge in [-0.2, -0.15) is 17.5 Å². The number of alkyl halides is 3. The van der Waals surface area contributed by atoms with Crippen LogP contribution in [0, 0.1) is 0 Å². The number of amides is 1. The Balaban J connectivity index is 1.63. The van der Waals surface area contributed by atoms with Crippen molar-refractivity contribution in [3.05, 3.63) is 60.2 Å². The molecular weight excluding hydrogens is 407 g/mol. The highest BCUT2D eigenvalue weighted by Gasteiger charge is 2.33. The quantitative estimate of drug-likeness (QED) is 0.743. The van der Waals surface area contributed by atoms with Crippen LogP contribution in [0.3, 0.4) is 0 Å². The van der Waals surface area contributed by atoms with Crippen LogP contribution in [0.4, 0.5) is 18.9 Å². The Bertz CT molecular complexity index is 948. The average Bonchev–Trinajstić information content (AvgIpc) is 3.16. The van der Waals surface area contributed by atoms with E-state index in [4.69, 9.17) is 0 Å². The van der Waals surface area contributed by atoms with Gasteiger partial charge in [-0.25, -0.2) is 8.42 Å². The number of rotatable bonds is 6. The molecule has 0 saturated carbocycles. The molecule has 10 heteroatoms. The summed E-state index contributed by atoms with van der Waals surface area (Å²) >= 11 is 0. The molecule has 1 heterocycles. The van der Waals surface area contributed by atoms with Crippen molar-refractivity contribution in [1.82, 2.24) is 9.62 Å². The van der Waals surface area contributed by atoms with Gasteiger partial charge in [-0.1, -0.05) is 18.2 Å². The molecule has 1 unspecified atom stereocenters. The number of anilines is 1. The molecule has 3 rings (SSSR count). The lowest BCUT2D eigenvalue weighted by molar-refractivity contribution is -0.123.